The quantitative estimate of drug-likeness (QED) is 0.403. The van der Waals surface area contributed by atoms with E-state index in [-0.39, 0.29) is 23.6 Å². The number of carbonyl (C=O) groups is 1. The Morgan fingerprint density at radius 1 is 1.08 bits per heavy atom. The third-order valence-corrected chi connectivity index (χ3v) is 6.13. The minimum absolute atomic E-state index is 0.0382. The van der Waals surface area contributed by atoms with Gasteiger partial charge >= 0.3 is 0 Å². The van der Waals surface area contributed by atoms with Crippen LogP contribution in [-0.2, 0) is 4.79 Å². The Balaban J connectivity index is 2.43. The van der Waals surface area contributed by atoms with Crippen LogP contribution in [0.4, 0.5) is 0 Å². The van der Waals surface area contributed by atoms with E-state index in [9.17, 15) is 10.1 Å². The molecule has 1 aliphatic heterocycles. The van der Waals surface area contributed by atoms with Gasteiger partial charge in [-0.25, -0.2) is 0 Å². The number of fused-ring (bicyclic) bond motifs is 1. The number of Topliss-reactive ketones (excluding diaryl/α,β-unsaturated/α-hetero) is 1. The van der Waals surface area contributed by atoms with Gasteiger partial charge in [0.25, 0.3) is 0 Å². The Morgan fingerprint density at radius 3 is 1.96 bits per heavy atom. The first kappa shape index (κ1) is 20.7. The lowest BCUT2D eigenvalue weighted by Crippen LogP contribution is -2.08. The van der Waals surface area contributed by atoms with Crippen LogP contribution in [0.2, 0.25) is 0 Å². The minimum atomic E-state index is -0.0881. The Morgan fingerprint density at radius 2 is 1.58 bits per heavy atom. The summed E-state index contributed by atoms with van der Waals surface area (Å²) < 4.78 is 12.6. The predicted molar refractivity (Wildman–Crippen MR) is 107 cm³/mol. The lowest BCUT2D eigenvalue weighted by atomic mass is 10.1. The van der Waals surface area contributed by atoms with Crippen molar-refractivity contribution in [1.82, 2.24) is 0 Å². The zero-order valence-electron chi connectivity index (χ0n) is 15.9. The molecule has 0 aromatic heterocycles. The third kappa shape index (κ3) is 4.99. The summed E-state index contributed by atoms with van der Waals surface area (Å²) in [6.45, 7) is 9.94. The lowest BCUT2D eigenvalue weighted by molar-refractivity contribution is -0.115. The number of thioether (sulfide) groups is 2. The number of ketones is 1. The van der Waals surface area contributed by atoms with E-state index >= 15 is 0 Å². The summed E-state index contributed by atoms with van der Waals surface area (Å²) >= 11 is 2.87. The van der Waals surface area contributed by atoms with Gasteiger partial charge in [-0.1, -0.05) is 36.9 Å². The van der Waals surface area contributed by atoms with Crippen LogP contribution >= 0.6 is 23.5 Å². The van der Waals surface area contributed by atoms with Crippen LogP contribution in [-0.4, -0.2) is 18.0 Å². The highest BCUT2D eigenvalue weighted by Gasteiger charge is 2.30. The van der Waals surface area contributed by atoms with E-state index in [1.165, 1.54) is 23.5 Å². The second-order valence-corrected chi connectivity index (χ2v) is 8.86. The number of nitrogens with zero attached hydrogens (tertiary/aromatic N) is 1. The highest BCUT2D eigenvalue weighted by molar-refractivity contribution is 8.24. The van der Waals surface area contributed by atoms with Crippen molar-refractivity contribution in [3.8, 4) is 17.6 Å². The van der Waals surface area contributed by atoms with Crippen molar-refractivity contribution >= 4 is 29.3 Å². The Labute approximate surface area is 164 Å². The molecule has 0 saturated heterocycles. The summed E-state index contributed by atoms with van der Waals surface area (Å²) in [6.07, 6.45) is 2.21. The van der Waals surface area contributed by atoms with Crippen molar-refractivity contribution in [2.75, 3.05) is 0 Å². The van der Waals surface area contributed by atoms with Crippen molar-refractivity contribution in [1.29, 1.82) is 5.26 Å². The first-order valence-electron chi connectivity index (χ1n) is 8.90. The van der Waals surface area contributed by atoms with Crippen molar-refractivity contribution in [2.24, 2.45) is 0 Å². The molecule has 0 radical (unpaired) electrons. The first-order valence-corrected chi connectivity index (χ1v) is 10.5. The Bertz CT molecular complexity index is 707. The van der Waals surface area contributed by atoms with Crippen LogP contribution in [0.1, 0.15) is 53.9 Å². The number of ether oxygens (including phenoxy) is 2. The fraction of sp³-hybridized carbons (Fsp3) is 0.500. The van der Waals surface area contributed by atoms with E-state index in [0.717, 1.165) is 38.4 Å². The van der Waals surface area contributed by atoms with Crippen LogP contribution in [0.3, 0.4) is 0 Å². The maximum atomic E-state index is 12.4. The second-order valence-electron chi connectivity index (χ2n) is 6.56. The molecule has 6 heteroatoms. The molecule has 0 saturated carbocycles. The summed E-state index contributed by atoms with van der Waals surface area (Å²) in [7, 11) is 0. The molecule has 0 fully saturated rings. The number of rotatable bonds is 8. The van der Waals surface area contributed by atoms with E-state index in [1.807, 2.05) is 46.8 Å². The maximum Gasteiger partial charge on any atom is 0.175 e. The van der Waals surface area contributed by atoms with Gasteiger partial charge < -0.3 is 9.47 Å². The van der Waals surface area contributed by atoms with Crippen LogP contribution in [0.25, 0.3) is 0 Å². The summed E-state index contributed by atoms with van der Waals surface area (Å²) in [5.41, 5.74) is 0.246. The van der Waals surface area contributed by atoms with Crippen molar-refractivity contribution in [3.05, 3.63) is 21.9 Å². The van der Waals surface area contributed by atoms with Crippen LogP contribution in [0.5, 0.6) is 11.5 Å². The molecule has 1 aliphatic rings. The number of hydrogen-bond donors (Lipinski definition) is 0. The highest BCUT2D eigenvalue weighted by Crippen LogP contribution is 2.59. The molecule has 1 aromatic carbocycles. The van der Waals surface area contributed by atoms with E-state index in [0.29, 0.717) is 6.42 Å². The molecule has 0 atom stereocenters. The molecule has 2 rings (SSSR count). The summed E-state index contributed by atoms with van der Waals surface area (Å²) in [6, 6.07) is 5.92. The van der Waals surface area contributed by atoms with E-state index in [2.05, 4.69) is 6.07 Å². The fourth-order valence-corrected chi connectivity index (χ4v) is 5.04. The zero-order chi connectivity index (χ0) is 19.3. The van der Waals surface area contributed by atoms with Gasteiger partial charge in [-0.05, 0) is 46.2 Å². The number of hydrogen-bond acceptors (Lipinski definition) is 6. The summed E-state index contributed by atoms with van der Waals surface area (Å²) in [4.78, 5) is 14.3. The van der Waals surface area contributed by atoms with E-state index < -0.39 is 0 Å². The number of allylic oxidation sites excluding steroid dienone is 1. The van der Waals surface area contributed by atoms with Crippen LogP contribution in [0, 0.1) is 11.3 Å². The van der Waals surface area contributed by atoms with Crippen molar-refractivity contribution in [3.63, 3.8) is 0 Å². The number of nitriles is 1. The van der Waals surface area contributed by atoms with Gasteiger partial charge in [-0.3, -0.25) is 4.79 Å². The van der Waals surface area contributed by atoms with Gasteiger partial charge in [0.15, 0.2) is 5.78 Å². The molecule has 0 amide bonds. The number of unbranched alkanes of at least 4 members (excludes halogenated alkanes) is 1. The van der Waals surface area contributed by atoms with E-state index in [1.54, 1.807) is 0 Å². The molecule has 4 nitrogen and oxygen atoms in total. The first-order chi connectivity index (χ1) is 12.4. The number of benzene rings is 1. The normalized spacial score (nSPS) is 12.9. The smallest absolute Gasteiger partial charge is 0.175 e. The largest absolute Gasteiger partial charge is 0.490 e. The molecule has 1 heterocycles. The average Bonchev–Trinajstić information content (AvgIpc) is 3.00. The molecule has 140 valence electrons. The molecule has 1 aromatic rings. The molecule has 0 bridgehead atoms. The predicted octanol–water partition coefficient (Wildman–Crippen LogP) is 5.95. The third-order valence-electron chi connectivity index (χ3n) is 3.51. The standard InChI is InChI=1S/C20H25NO3S2/c1-6-7-8-15(22)14(11-21)20-25-18-16(23-12(2)3)9-10-17(19(18)26-20)24-13(4)5/h9-10,12-13H,6-8H2,1-5H3. The van der Waals surface area contributed by atoms with Crippen molar-refractivity contribution < 1.29 is 14.3 Å². The van der Waals surface area contributed by atoms with Crippen LogP contribution in [0.15, 0.2) is 31.7 Å². The van der Waals surface area contributed by atoms with Gasteiger partial charge in [-0.2, -0.15) is 5.26 Å². The summed E-state index contributed by atoms with van der Waals surface area (Å²) in [5, 5.41) is 9.55. The molecular weight excluding hydrogens is 366 g/mol. The van der Waals surface area contributed by atoms with Gasteiger partial charge in [0, 0.05) is 6.42 Å². The maximum absolute atomic E-state index is 12.4. The summed E-state index contributed by atoms with van der Waals surface area (Å²) in [5.74, 6) is 1.43. The van der Waals surface area contributed by atoms with E-state index in [4.69, 9.17) is 9.47 Å². The highest BCUT2D eigenvalue weighted by atomic mass is 32.2. The molecule has 0 unspecified atom stereocenters. The molecule has 26 heavy (non-hydrogen) atoms. The Kier molecular flexibility index (Phi) is 7.48. The van der Waals surface area contributed by atoms with Gasteiger partial charge in [0.05, 0.1) is 26.2 Å². The monoisotopic (exact) mass is 391 g/mol. The molecular formula is C20H25NO3S2. The van der Waals surface area contributed by atoms with Gasteiger partial charge in [0.1, 0.15) is 23.1 Å². The number of carbonyl (C=O) groups excluding carboxylic acids is 1. The molecule has 0 spiro atoms. The lowest BCUT2D eigenvalue weighted by Gasteiger charge is -2.16. The van der Waals surface area contributed by atoms with Crippen LogP contribution < -0.4 is 9.47 Å². The second kappa shape index (κ2) is 9.38. The SMILES string of the molecule is CCCCC(=O)C(C#N)=C1Sc2c(OC(C)C)ccc(OC(C)C)c2S1. The molecule has 0 N–H and O–H groups in total. The van der Waals surface area contributed by atoms with Gasteiger partial charge in [0.2, 0.25) is 0 Å². The van der Waals surface area contributed by atoms with Crippen molar-refractivity contribution in [2.45, 2.75) is 75.9 Å². The average molecular weight is 392 g/mol. The van der Waals surface area contributed by atoms with Gasteiger partial charge in [-0.15, -0.1) is 0 Å². The minimum Gasteiger partial charge on any atom is -0.490 e. The fourth-order valence-electron chi connectivity index (χ4n) is 2.41. The molecule has 0 aliphatic carbocycles. The zero-order valence-corrected chi connectivity index (χ0v) is 17.6. The Hall–Kier alpha value is -1.58. The topological polar surface area (TPSA) is 59.3 Å².